The first-order valence-electron chi connectivity index (χ1n) is 6.05. The van der Waals surface area contributed by atoms with Crippen LogP contribution in [0, 0.1) is 0 Å². The van der Waals surface area contributed by atoms with Crippen molar-refractivity contribution in [2.24, 2.45) is 0 Å². The summed E-state index contributed by atoms with van der Waals surface area (Å²) in [5.74, 6) is -0.757. The number of carbonyl (C=O) groups is 1. The number of benzene rings is 1. The van der Waals surface area contributed by atoms with E-state index in [1.807, 2.05) is 0 Å². The van der Waals surface area contributed by atoms with Crippen molar-refractivity contribution < 1.29 is 18.9 Å². The lowest BCUT2D eigenvalue weighted by molar-refractivity contribution is -0.348. The molecule has 0 aliphatic heterocycles. The van der Waals surface area contributed by atoms with Gasteiger partial charge < -0.3 is 10.4 Å². The smallest absolute Gasteiger partial charge is 0.253 e. The van der Waals surface area contributed by atoms with Gasteiger partial charge in [0.05, 0.1) is 6.04 Å². The van der Waals surface area contributed by atoms with E-state index >= 15 is 0 Å². The van der Waals surface area contributed by atoms with Crippen LogP contribution >= 0.6 is 23.2 Å². The minimum Gasteiger partial charge on any atom is -0.386 e. The Morgan fingerprint density at radius 3 is 2.43 bits per heavy atom. The Kier molecular flexibility index (Phi) is 6.81. The number of amides is 1. The fourth-order valence-electron chi connectivity index (χ4n) is 1.65. The third kappa shape index (κ3) is 4.81. The zero-order valence-electron chi connectivity index (χ0n) is 11.2. The molecule has 0 aromatic heterocycles. The summed E-state index contributed by atoms with van der Waals surface area (Å²) in [6, 6.07) is 5.47. The number of nitrogens with one attached hydrogen (secondary N) is 1. The van der Waals surface area contributed by atoms with Gasteiger partial charge in [0.25, 0.3) is 5.91 Å². The Morgan fingerprint density at radius 2 is 2.00 bits per heavy atom. The van der Waals surface area contributed by atoms with Crippen LogP contribution in [0.25, 0.3) is 0 Å². The second kappa shape index (κ2) is 8.12. The van der Waals surface area contributed by atoms with E-state index in [-0.39, 0.29) is 0 Å². The van der Waals surface area contributed by atoms with Gasteiger partial charge >= 0.3 is 0 Å². The lowest BCUT2D eigenvalue weighted by atomic mass is 10.0. The van der Waals surface area contributed by atoms with Crippen LogP contribution in [-0.4, -0.2) is 39.9 Å². The Hall–Kier alpha value is -1.43. The maximum Gasteiger partial charge on any atom is 0.253 e. The van der Waals surface area contributed by atoms with E-state index in [4.69, 9.17) is 23.2 Å². The Labute approximate surface area is 132 Å². The van der Waals surface area contributed by atoms with Crippen LogP contribution in [-0.2, 0) is 4.79 Å². The zero-order chi connectivity index (χ0) is 16.0. The standard InChI is InChI=1S/C14H15Cl2FN2O2/c1-3-19(2)10-6-4-9(5-7-10)12(20)11(8-17)18-14(21)13(15)16/h3-7,11-13,20H,1-2,8H2/p+1. The molecule has 0 saturated carbocycles. The highest BCUT2D eigenvalue weighted by Crippen LogP contribution is 2.21. The SMILES string of the molecule is C=C[N+](=C)c1ccc(C(O)C(CF)NC(=O)C(Cl)Cl)cc1. The van der Waals surface area contributed by atoms with Gasteiger partial charge in [-0.25, -0.2) is 4.39 Å². The topological polar surface area (TPSA) is 52.3 Å². The Bertz CT molecular complexity index is 520. The summed E-state index contributed by atoms with van der Waals surface area (Å²) in [6.07, 6.45) is 0.305. The average molecular weight is 334 g/mol. The number of alkyl halides is 3. The van der Waals surface area contributed by atoms with Crippen LogP contribution in [0.2, 0.25) is 0 Å². The number of aliphatic hydroxyl groups excluding tert-OH is 1. The van der Waals surface area contributed by atoms with Crippen molar-refractivity contribution in [2.45, 2.75) is 17.0 Å². The van der Waals surface area contributed by atoms with Gasteiger partial charge in [0.15, 0.2) is 11.0 Å². The molecule has 0 spiro atoms. The van der Waals surface area contributed by atoms with E-state index in [0.717, 1.165) is 5.69 Å². The number of nitrogens with zero attached hydrogens (tertiary/aromatic N) is 1. The molecule has 0 radical (unpaired) electrons. The molecule has 7 heteroatoms. The van der Waals surface area contributed by atoms with Crippen molar-refractivity contribution >= 4 is 41.5 Å². The summed E-state index contributed by atoms with van der Waals surface area (Å²) in [6.45, 7) is 6.34. The summed E-state index contributed by atoms with van der Waals surface area (Å²) >= 11 is 10.8. The van der Waals surface area contributed by atoms with E-state index in [2.05, 4.69) is 18.6 Å². The molecular weight excluding hydrogens is 318 g/mol. The van der Waals surface area contributed by atoms with Crippen LogP contribution in [0.4, 0.5) is 10.1 Å². The van der Waals surface area contributed by atoms with Crippen molar-refractivity contribution in [3.05, 3.63) is 42.6 Å². The first-order valence-corrected chi connectivity index (χ1v) is 6.92. The predicted octanol–water partition coefficient (Wildman–Crippen LogP) is 2.47. The summed E-state index contributed by atoms with van der Waals surface area (Å²) in [4.78, 5) is 10.0. The third-order valence-corrected chi connectivity index (χ3v) is 3.26. The van der Waals surface area contributed by atoms with E-state index < -0.39 is 29.6 Å². The van der Waals surface area contributed by atoms with E-state index in [1.54, 1.807) is 24.3 Å². The van der Waals surface area contributed by atoms with Gasteiger partial charge in [-0.05, 0) is 24.3 Å². The molecule has 0 bridgehead atoms. The van der Waals surface area contributed by atoms with Gasteiger partial charge in [0, 0.05) is 12.1 Å². The summed E-state index contributed by atoms with van der Waals surface area (Å²) in [5, 5.41) is 12.4. The molecule has 4 nitrogen and oxygen atoms in total. The third-order valence-electron chi connectivity index (χ3n) is 2.86. The molecule has 0 fully saturated rings. The maximum absolute atomic E-state index is 13.0. The van der Waals surface area contributed by atoms with E-state index in [1.165, 1.54) is 10.8 Å². The van der Waals surface area contributed by atoms with Gasteiger partial charge in [-0.2, -0.15) is 4.58 Å². The molecule has 0 saturated heterocycles. The largest absolute Gasteiger partial charge is 0.386 e. The molecule has 0 aliphatic carbocycles. The first kappa shape index (κ1) is 17.6. The lowest BCUT2D eigenvalue weighted by Gasteiger charge is -2.22. The van der Waals surface area contributed by atoms with Crippen LogP contribution < -0.4 is 5.32 Å². The normalized spacial score (nSPS) is 13.6. The first-order chi connectivity index (χ1) is 9.90. The molecular formula is C14H16Cl2FN2O2+. The molecule has 0 heterocycles. The highest BCUT2D eigenvalue weighted by Gasteiger charge is 2.25. The quantitative estimate of drug-likeness (QED) is 0.457. The number of hydrogen-bond acceptors (Lipinski definition) is 2. The summed E-state index contributed by atoms with van der Waals surface area (Å²) in [5.41, 5.74) is 1.20. The van der Waals surface area contributed by atoms with Crippen molar-refractivity contribution in [1.29, 1.82) is 0 Å². The fraction of sp³-hybridized carbons (Fsp3) is 0.286. The number of hydrogen-bond donors (Lipinski definition) is 2. The highest BCUT2D eigenvalue weighted by atomic mass is 35.5. The molecule has 1 aromatic carbocycles. The number of halogens is 3. The zero-order valence-corrected chi connectivity index (χ0v) is 12.7. The minimum absolute atomic E-state index is 0.444. The van der Waals surface area contributed by atoms with Gasteiger partial charge in [0.1, 0.15) is 19.5 Å². The molecule has 2 N–H and O–H groups in total. The molecule has 21 heavy (non-hydrogen) atoms. The molecule has 2 atom stereocenters. The molecule has 2 unspecified atom stereocenters. The van der Waals surface area contributed by atoms with Gasteiger partial charge in [0.2, 0.25) is 5.69 Å². The molecule has 0 aliphatic rings. The monoisotopic (exact) mass is 333 g/mol. The fourth-order valence-corrected chi connectivity index (χ4v) is 1.77. The van der Waals surface area contributed by atoms with Crippen LogP contribution in [0.5, 0.6) is 0 Å². The van der Waals surface area contributed by atoms with Gasteiger partial charge in [-0.3, -0.25) is 4.79 Å². The second-order valence-corrected chi connectivity index (χ2v) is 5.36. The second-order valence-electron chi connectivity index (χ2n) is 4.26. The van der Waals surface area contributed by atoms with Crippen molar-refractivity contribution in [3.63, 3.8) is 0 Å². The van der Waals surface area contributed by atoms with Crippen molar-refractivity contribution in [2.75, 3.05) is 6.67 Å². The number of aliphatic hydroxyl groups is 1. The van der Waals surface area contributed by atoms with Crippen LogP contribution in [0.1, 0.15) is 11.7 Å². The lowest BCUT2D eigenvalue weighted by Crippen LogP contribution is -2.43. The van der Waals surface area contributed by atoms with Crippen molar-refractivity contribution in [1.82, 2.24) is 5.32 Å². The van der Waals surface area contributed by atoms with Crippen LogP contribution in [0.15, 0.2) is 37.0 Å². The molecule has 1 amide bonds. The minimum atomic E-state index is -1.32. The summed E-state index contributed by atoms with van der Waals surface area (Å²) < 4.78 is 14.5. The molecule has 1 aromatic rings. The molecule has 114 valence electrons. The van der Waals surface area contributed by atoms with Gasteiger partial charge in [-0.15, -0.1) is 0 Å². The summed E-state index contributed by atoms with van der Waals surface area (Å²) in [7, 11) is 0. The predicted molar refractivity (Wildman–Crippen MR) is 82.0 cm³/mol. The average Bonchev–Trinajstić information content (AvgIpc) is 2.50. The van der Waals surface area contributed by atoms with E-state index in [9.17, 15) is 14.3 Å². The maximum atomic E-state index is 13.0. The number of rotatable bonds is 7. The Balaban J connectivity index is 2.85. The van der Waals surface area contributed by atoms with Crippen molar-refractivity contribution in [3.8, 4) is 0 Å². The van der Waals surface area contributed by atoms with Gasteiger partial charge in [-0.1, -0.05) is 23.2 Å². The highest BCUT2D eigenvalue weighted by molar-refractivity contribution is 6.53. The van der Waals surface area contributed by atoms with E-state index in [0.29, 0.717) is 5.56 Å². The Morgan fingerprint density at radius 1 is 1.43 bits per heavy atom. The number of carbonyl (C=O) groups excluding carboxylic acids is 1. The van der Waals surface area contributed by atoms with Crippen LogP contribution in [0.3, 0.4) is 0 Å². The molecule has 1 rings (SSSR count).